The molecule has 8 heteroatoms. The van der Waals surface area contributed by atoms with Gasteiger partial charge < -0.3 is 15.4 Å². The Morgan fingerprint density at radius 1 is 1.27 bits per heavy atom. The number of hydrogen-bond acceptors (Lipinski definition) is 5. The van der Waals surface area contributed by atoms with Crippen molar-refractivity contribution in [2.75, 3.05) is 17.2 Å². The average Bonchev–Trinajstić information content (AvgIpc) is 2.50. The van der Waals surface area contributed by atoms with E-state index in [4.69, 9.17) is 17.0 Å². The van der Waals surface area contributed by atoms with Crippen molar-refractivity contribution in [2.24, 2.45) is 0 Å². The molecule has 0 saturated carbocycles. The van der Waals surface area contributed by atoms with Crippen LogP contribution in [-0.2, 0) is 0 Å². The number of nitrogens with one attached hydrogen (secondary N) is 2. The molecular formula is C14H14N4O3S. The number of hydrogen-bond donors (Lipinski definition) is 2. The summed E-state index contributed by atoms with van der Waals surface area (Å²) in [4.78, 5) is 14.0. The molecule has 0 aliphatic rings. The third-order valence-corrected chi connectivity index (χ3v) is 2.83. The third kappa shape index (κ3) is 4.38. The van der Waals surface area contributed by atoms with Crippen LogP contribution in [0.5, 0.6) is 5.75 Å². The zero-order chi connectivity index (χ0) is 15.9. The van der Waals surface area contributed by atoms with Gasteiger partial charge in [-0.05, 0) is 49.5 Å². The highest BCUT2D eigenvalue weighted by molar-refractivity contribution is 7.80. The minimum Gasteiger partial charge on any atom is -0.494 e. The highest BCUT2D eigenvalue weighted by Gasteiger charge is 2.06. The second kappa shape index (κ2) is 7.32. The summed E-state index contributed by atoms with van der Waals surface area (Å²) in [5.74, 6) is 1.21. The molecule has 114 valence electrons. The molecule has 2 rings (SSSR count). The van der Waals surface area contributed by atoms with E-state index >= 15 is 0 Å². The minimum atomic E-state index is -0.507. The fourth-order valence-corrected chi connectivity index (χ4v) is 1.87. The van der Waals surface area contributed by atoms with E-state index < -0.39 is 4.92 Å². The molecular weight excluding hydrogens is 304 g/mol. The number of ether oxygens (including phenoxy) is 1. The van der Waals surface area contributed by atoms with Gasteiger partial charge in [0, 0.05) is 11.8 Å². The molecule has 0 bridgehead atoms. The molecule has 2 aromatic rings. The third-order valence-electron chi connectivity index (χ3n) is 2.62. The van der Waals surface area contributed by atoms with E-state index in [1.807, 2.05) is 31.2 Å². The van der Waals surface area contributed by atoms with Gasteiger partial charge in [-0.3, -0.25) is 10.1 Å². The molecule has 1 aromatic heterocycles. The summed E-state index contributed by atoms with van der Waals surface area (Å²) in [6.07, 6.45) is 1.17. The maximum absolute atomic E-state index is 10.5. The SMILES string of the molecule is CCOc1ccc(NC(=S)Nc2ccc([N+](=O)[O-])cn2)cc1. The van der Waals surface area contributed by atoms with Gasteiger partial charge in [0.1, 0.15) is 17.8 Å². The van der Waals surface area contributed by atoms with Gasteiger partial charge in [-0.15, -0.1) is 0 Å². The number of nitro groups is 1. The number of anilines is 2. The Morgan fingerprint density at radius 3 is 2.55 bits per heavy atom. The molecule has 0 amide bonds. The first-order valence-corrected chi connectivity index (χ1v) is 6.90. The van der Waals surface area contributed by atoms with Gasteiger partial charge in [-0.1, -0.05) is 0 Å². The van der Waals surface area contributed by atoms with Crippen molar-refractivity contribution in [2.45, 2.75) is 6.92 Å². The van der Waals surface area contributed by atoms with E-state index in [2.05, 4.69) is 15.6 Å². The number of aromatic nitrogens is 1. The fourth-order valence-electron chi connectivity index (χ4n) is 1.65. The average molecular weight is 318 g/mol. The smallest absolute Gasteiger partial charge is 0.287 e. The van der Waals surface area contributed by atoms with Crippen molar-refractivity contribution in [1.82, 2.24) is 4.98 Å². The minimum absolute atomic E-state index is 0.0732. The Balaban J connectivity index is 1.93. The summed E-state index contributed by atoms with van der Waals surface area (Å²) in [6, 6.07) is 10.2. The predicted octanol–water partition coefficient (Wildman–Crippen LogP) is 3.20. The topological polar surface area (TPSA) is 89.3 Å². The Kier molecular flexibility index (Phi) is 5.21. The Bertz CT molecular complexity index is 659. The molecule has 0 saturated heterocycles. The number of benzene rings is 1. The van der Waals surface area contributed by atoms with Crippen LogP contribution in [0.25, 0.3) is 0 Å². The van der Waals surface area contributed by atoms with Crippen molar-refractivity contribution < 1.29 is 9.66 Å². The molecule has 1 aromatic carbocycles. The van der Waals surface area contributed by atoms with Crippen molar-refractivity contribution >= 4 is 34.5 Å². The lowest BCUT2D eigenvalue weighted by Gasteiger charge is -2.10. The monoisotopic (exact) mass is 318 g/mol. The second-order valence-electron chi connectivity index (χ2n) is 4.20. The Morgan fingerprint density at radius 2 is 2.00 bits per heavy atom. The summed E-state index contributed by atoms with van der Waals surface area (Å²) >= 11 is 5.16. The first-order valence-electron chi connectivity index (χ1n) is 6.50. The quantitative estimate of drug-likeness (QED) is 0.497. The lowest BCUT2D eigenvalue weighted by atomic mass is 10.3. The van der Waals surface area contributed by atoms with E-state index in [-0.39, 0.29) is 5.69 Å². The lowest BCUT2D eigenvalue weighted by molar-refractivity contribution is -0.385. The summed E-state index contributed by atoms with van der Waals surface area (Å²) in [5, 5.41) is 16.7. The number of thiocarbonyl (C=S) groups is 1. The van der Waals surface area contributed by atoms with Gasteiger partial charge in [-0.2, -0.15) is 0 Å². The zero-order valence-corrected chi connectivity index (χ0v) is 12.6. The van der Waals surface area contributed by atoms with E-state index in [0.29, 0.717) is 17.5 Å². The van der Waals surface area contributed by atoms with Gasteiger partial charge >= 0.3 is 0 Å². The van der Waals surface area contributed by atoms with Crippen LogP contribution in [0.15, 0.2) is 42.6 Å². The fraction of sp³-hybridized carbons (Fsp3) is 0.143. The van der Waals surface area contributed by atoms with Gasteiger partial charge in [-0.25, -0.2) is 4.98 Å². The number of nitrogens with zero attached hydrogens (tertiary/aromatic N) is 2. The summed E-state index contributed by atoms with van der Waals surface area (Å²) in [7, 11) is 0. The Labute approximate surface area is 132 Å². The van der Waals surface area contributed by atoms with Crippen molar-refractivity contribution in [1.29, 1.82) is 0 Å². The highest BCUT2D eigenvalue weighted by Crippen LogP contribution is 2.16. The summed E-state index contributed by atoms with van der Waals surface area (Å²) < 4.78 is 5.35. The molecule has 0 unspecified atom stereocenters. The first kappa shape index (κ1) is 15.6. The van der Waals surface area contributed by atoms with E-state index in [9.17, 15) is 10.1 Å². The van der Waals surface area contributed by atoms with Gasteiger partial charge in [0.2, 0.25) is 0 Å². The molecule has 7 nitrogen and oxygen atoms in total. The second-order valence-corrected chi connectivity index (χ2v) is 4.60. The molecule has 2 N–H and O–H groups in total. The van der Waals surface area contributed by atoms with Crippen molar-refractivity contribution in [3.8, 4) is 5.75 Å². The van der Waals surface area contributed by atoms with Crippen molar-refractivity contribution in [3.63, 3.8) is 0 Å². The van der Waals surface area contributed by atoms with E-state index in [1.165, 1.54) is 18.3 Å². The van der Waals surface area contributed by atoms with Gasteiger partial charge in [0.25, 0.3) is 5.69 Å². The summed E-state index contributed by atoms with van der Waals surface area (Å²) in [6.45, 7) is 2.53. The van der Waals surface area contributed by atoms with Gasteiger partial charge in [0.05, 0.1) is 11.5 Å². The number of pyridine rings is 1. The standard InChI is InChI=1S/C14H14N4O3S/c1-2-21-12-6-3-10(4-7-12)16-14(22)17-13-8-5-11(9-15-13)18(19)20/h3-9H,2H2,1H3,(H2,15,16,17,22). The van der Waals surface area contributed by atoms with E-state index in [0.717, 1.165) is 11.4 Å². The van der Waals surface area contributed by atoms with Crippen LogP contribution in [0.4, 0.5) is 17.2 Å². The molecule has 0 aliphatic heterocycles. The van der Waals surface area contributed by atoms with Crippen LogP contribution in [0.3, 0.4) is 0 Å². The molecule has 0 fully saturated rings. The van der Waals surface area contributed by atoms with E-state index in [1.54, 1.807) is 0 Å². The molecule has 0 spiro atoms. The first-order chi connectivity index (χ1) is 10.6. The lowest BCUT2D eigenvalue weighted by Crippen LogP contribution is -2.19. The van der Waals surface area contributed by atoms with Gasteiger partial charge in [0.15, 0.2) is 5.11 Å². The highest BCUT2D eigenvalue weighted by atomic mass is 32.1. The molecule has 0 aliphatic carbocycles. The van der Waals surface area contributed by atoms with Crippen LogP contribution in [0.2, 0.25) is 0 Å². The maximum Gasteiger partial charge on any atom is 0.287 e. The van der Waals surface area contributed by atoms with Crippen molar-refractivity contribution in [3.05, 3.63) is 52.7 Å². The molecule has 22 heavy (non-hydrogen) atoms. The molecule has 1 heterocycles. The zero-order valence-electron chi connectivity index (χ0n) is 11.8. The van der Waals surface area contributed by atoms with Crippen LogP contribution in [0.1, 0.15) is 6.92 Å². The number of rotatable bonds is 5. The largest absolute Gasteiger partial charge is 0.494 e. The predicted molar refractivity (Wildman–Crippen MR) is 88.3 cm³/mol. The normalized spacial score (nSPS) is 9.86. The van der Waals surface area contributed by atoms with Crippen LogP contribution in [-0.4, -0.2) is 21.6 Å². The maximum atomic E-state index is 10.5. The molecule has 0 radical (unpaired) electrons. The molecule has 0 atom stereocenters. The van der Waals surface area contributed by atoms with Crippen LogP contribution in [0, 0.1) is 10.1 Å². The van der Waals surface area contributed by atoms with Crippen LogP contribution < -0.4 is 15.4 Å². The summed E-state index contributed by atoms with van der Waals surface area (Å²) in [5.41, 5.74) is 0.721. The van der Waals surface area contributed by atoms with Crippen LogP contribution >= 0.6 is 12.2 Å². The Hall–Kier alpha value is -2.74.